The van der Waals surface area contributed by atoms with Gasteiger partial charge in [-0.15, -0.1) is 0 Å². The molecule has 2 aromatic carbocycles. The number of halogens is 4. The molecule has 0 unspecified atom stereocenters. The zero-order chi connectivity index (χ0) is 20.3. The van der Waals surface area contributed by atoms with Crippen molar-refractivity contribution in [3.63, 3.8) is 0 Å². The number of para-hydroxylation sites is 2. The number of carbonyl (C=O) groups is 2. The Balaban J connectivity index is 1.68. The zero-order valence-electron chi connectivity index (χ0n) is 14.3. The SMILES string of the molecule is O=C(Cc1ccccc1F)NNC(=O)Cn1c(C(F)(F)F)nc2ccccc21. The Morgan fingerprint density at radius 3 is 2.32 bits per heavy atom. The molecular formula is C18H14F4N4O2. The average molecular weight is 394 g/mol. The smallest absolute Gasteiger partial charge is 0.311 e. The van der Waals surface area contributed by atoms with Crippen LogP contribution in [0.2, 0.25) is 0 Å². The van der Waals surface area contributed by atoms with E-state index in [0.717, 1.165) is 0 Å². The highest BCUT2D eigenvalue weighted by Crippen LogP contribution is 2.31. The lowest BCUT2D eigenvalue weighted by Gasteiger charge is -2.12. The molecule has 0 atom stereocenters. The van der Waals surface area contributed by atoms with Gasteiger partial charge in [-0.1, -0.05) is 30.3 Å². The van der Waals surface area contributed by atoms with Crippen molar-refractivity contribution in [2.75, 3.05) is 0 Å². The predicted octanol–water partition coefficient (Wildman–Crippen LogP) is 2.58. The lowest BCUT2D eigenvalue weighted by atomic mass is 10.1. The maximum Gasteiger partial charge on any atom is 0.449 e. The maximum absolute atomic E-state index is 13.5. The summed E-state index contributed by atoms with van der Waals surface area (Å²) in [6, 6.07) is 11.5. The van der Waals surface area contributed by atoms with Crippen LogP contribution in [-0.2, 0) is 28.7 Å². The van der Waals surface area contributed by atoms with Crippen molar-refractivity contribution in [3.05, 3.63) is 65.7 Å². The van der Waals surface area contributed by atoms with Crippen LogP contribution in [0.5, 0.6) is 0 Å². The summed E-state index contributed by atoms with van der Waals surface area (Å²) in [6.45, 7) is -0.713. The van der Waals surface area contributed by atoms with Crippen LogP contribution in [0.25, 0.3) is 11.0 Å². The van der Waals surface area contributed by atoms with Crippen molar-refractivity contribution < 1.29 is 27.2 Å². The number of hydrazine groups is 1. The number of rotatable bonds is 4. The van der Waals surface area contributed by atoms with Crippen LogP contribution in [0, 0.1) is 5.82 Å². The fraction of sp³-hybridized carbons (Fsp3) is 0.167. The van der Waals surface area contributed by atoms with Crippen LogP contribution in [0.15, 0.2) is 48.5 Å². The Hall–Kier alpha value is -3.43. The van der Waals surface area contributed by atoms with E-state index >= 15 is 0 Å². The molecule has 10 heteroatoms. The van der Waals surface area contributed by atoms with E-state index in [2.05, 4.69) is 10.4 Å². The summed E-state index contributed by atoms with van der Waals surface area (Å²) in [6.07, 6.45) is -5.10. The fourth-order valence-electron chi connectivity index (χ4n) is 2.63. The summed E-state index contributed by atoms with van der Waals surface area (Å²) in [5, 5.41) is 0. The summed E-state index contributed by atoms with van der Waals surface area (Å²) in [5.74, 6) is -3.41. The minimum absolute atomic E-state index is 0.0891. The Kier molecular flexibility index (Phi) is 5.30. The molecule has 0 spiro atoms. The van der Waals surface area contributed by atoms with Gasteiger partial charge in [-0.3, -0.25) is 20.4 Å². The lowest BCUT2D eigenvalue weighted by Crippen LogP contribution is -2.44. The van der Waals surface area contributed by atoms with Crippen molar-refractivity contribution in [2.24, 2.45) is 0 Å². The van der Waals surface area contributed by atoms with Crippen molar-refractivity contribution in [1.82, 2.24) is 20.4 Å². The van der Waals surface area contributed by atoms with Gasteiger partial charge in [0.1, 0.15) is 12.4 Å². The van der Waals surface area contributed by atoms with Crippen LogP contribution in [-0.4, -0.2) is 21.4 Å². The standard InChI is InChI=1S/C18H14F4N4O2/c19-12-6-2-1-5-11(12)9-15(27)24-25-16(28)10-26-14-8-4-3-7-13(14)23-17(26)18(20,21)22/h1-8H,9-10H2,(H,24,27)(H,25,28). The number of nitrogens with one attached hydrogen (secondary N) is 2. The number of nitrogens with zero attached hydrogens (tertiary/aromatic N) is 2. The second kappa shape index (κ2) is 7.67. The van der Waals surface area contributed by atoms with Crippen molar-refractivity contribution in [3.8, 4) is 0 Å². The number of hydrogen-bond donors (Lipinski definition) is 2. The van der Waals surface area contributed by atoms with Gasteiger partial charge in [0.2, 0.25) is 11.7 Å². The molecule has 0 aliphatic rings. The van der Waals surface area contributed by atoms with E-state index < -0.39 is 36.2 Å². The molecule has 2 N–H and O–H groups in total. The third kappa shape index (κ3) is 4.27. The Morgan fingerprint density at radius 2 is 1.61 bits per heavy atom. The van der Waals surface area contributed by atoms with Crippen LogP contribution >= 0.6 is 0 Å². The van der Waals surface area contributed by atoms with Gasteiger partial charge in [-0.25, -0.2) is 9.37 Å². The molecule has 0 saturated heterocycles. The van der Waals surface area contributed by atoms with Gasteiger partial charge in [0.15, 0.2) is 0 Å². The van der Waals surface area contributed by atoms with Crippen LogP contribution in [0.1, 0.15) is 11.4 Å². The fourth-order valence-corrected chi connectivity index (χ4v) is 2.63. The second-order valence-corrected chi connectivity index (χ2v) is 5.87. The molecule has 3 aromatic rings. The third-order valence-corrected chi connectivity index (χ3v) is 3.86. The molecule has 3 rings (SSSR count). The highest BCUT2D eigenvalue weighted by Gasteiger charge is 2.38. The highest BCUT2D eigenvalue weighted by molar-refractivity contribution is 5.84. The Labute approximate surface area is 156 Å². The Bertz CT molecular complexity index is 1030. The van der Waals surface area contributed by atoms with Gasteiger partial charge in [0.25, 0.3) is 5.91 Å². The molecule has 2 amide bonds. The van der Waals surface area contributed by atoms with E-state index in [0.29, 0.717) is 4.57 Å². The first kappa shape index (κ1) is 19.3. The highest BCUT2D eigenvalue weighted by atomic mass is 19.4. The number of aromatic nitrogens is 2. The number of imidazole rings is 1. The molecule has 0 fully saturated rings. The molecule has 1 heterocycles. The minimum atomic E-state index is -4.76. The van der Waals surface area contributed by atoms with Gasteiger partial charge in [0, 0.05) is 0 Å². The van der Waals surface area contributed by atoms with Gasteiger partial charge in [-0.2, -0.15) is 13.2 Å². The molecule has 0 bridgehead atoms. The van der Waals surface area contributed by atoms with E-state index in [1.807, 2.05) is 5.43 Å². The van der Waals surface area contributed by atoms with Crippen LogP contribution in [0.3, 0.4) is 0 Å². The van der Waals surface area contributed by atoms with Crippen molar-refractivity contribution >= 4 is 22.8 Å². The molecule has 1 aromatic heterocycles. The second-order valence-electron chi connectivity index (χ2n) is 5.87. The molecule has 6 nitrogen and oxygen atoms in total. The summed E-state index contributed by atoms with van der Waals surface area (Å²) in [7, 11) is 0. The average Bonchev–Trinajstić information content (AvgIpc) is 3.01. The molecule has 28 heavy (non-hydrogen) atoms. The summed E-state index contributed by atoms with van der Waals surface area (Å²) < 4.78 is 53.9. The summed E-state index contributed by atoms with van der Waals surface area (Å²) in [5.41, 5.74) is 4.42. The number of amides is 2. The van der Waals surface area contributed by atoms with Crippen molar-refractivity contribution in [1.29, 1.82) is 0 Å². The van der Waals surface area contributed by atoms with Crippen molar-refractivity contribution in [2.45, 2.75) is 19.1 Å². The van der Waals surface area contributed by atoms with Gasteiger partial charge in [-0.05, 0) is 23.8 Å². The summed E-state index contributed by atoms with van der Waals surface area (Å²) >= 11 is 0. The minimum Gasteiger partial charge on any atom is -0.311 e. The first-order chi connectivity index (χ1) is 13.3. The first-order valence-electron chi connectivity index (χ1n) is 8.09. The number of carbonyl (C=O) groups excluding carboxylic acids is 2. The molecule has 146 valence electrons. The first-order valence-corrected chi connectivity index (χ1v) is 8.09. The van der Waals surface area contributed by atoms with E-state index in [9.17, 15) is 27.2 Å². The van der Waals surface area contributed by atoms with E-state index in [4.69, 9.17) is 0 Å². The Morgan fingerprint density at radius 1 is 0.964 bits per heavy atom. The quantitative estimate of drug-likeness (QED) is 0.528. The van der Waals surface area contributed by atoms with Crippen LogP contribution < -0.4 is 10.9 Å². The predicted molar refractivity (Wildman–Crippen MR) is 91.1 cm³/mol. The number of fused-ring (bicyclic) bond motifs is 1. The normalized spacial score (nSPS) is 11.4. The third-order valence-electron chi connectivity index (χ3n) is 3.86. The monoisotopic (exact) mass is 394 g/mol. The number of hydrogen-bond acceptors (Lipinski definition) is 3. The molecule has 0 aliphatic heterocycles. The largest absolute Gasteiger partial charge is 0.449 e. The molecular weight excluding hydrogens is 380 g/mol. The molecule has 0 aliphatic carbocycles. The topological polar surface area (TPSA) is 76.0 Å². The van der Waals surface area contributed by atoms with Gasteiger partial charge < -0.3 is 4.57 Å². The zero-order valence-corrected chi connectivity index (χ0v) is 14.3. The summed E-state index contributed by atoms with van der Waals surface area (Å²) in [4.78, 5) is 27.4. The molecule has 0 radical (unpaired) electrons. The number of alkyl halides is 3. The van der Waals surface area contributed by atoms with Gasteiger partial charge in [0.05, 0.1) is 17.5 Å². The number of benzene rings is 2. The maximum atomic E-state index is 13.5. The van der Waals surface area contributed by atoms with E-state index in [1.165, 1.54) is 42.5 Å². The van der Waals surface area contributed by atoms with E-state index in [1.54, 1.807) is 6.07 Å². The van der Waals surface area contributed by atoms with Crippen LogP contribution in [0.4, 0.5) is 17.6 Å². The van der Waals surface area contributed by atoms with E-state index in [-0.39, 0.29) is 23.0 Å². The lowest BCUT2D eigenvalue weighted by molar-refractivity contribution is -0.147. The molecule has 0 saturated carbocycles. The van der Waals surface area contributed by atoms with Gasteiger partial charge >= 0.3 is 6.18 Å².